The van der Waals surface area contributed by atoms with Crippen LogP contribution in [-0.2, 0) is 4.79 Å². The second-order valence-corrected chi connectivity index (χ2v) is 4.34. The van der Waals surface area contributed by atoms with Crippen LogP contribution < -0.4 is 10.9 Å². The van der Waals surface area contributed by atoms with Crippen molar-refractivity contribution < 1.29 is 14.1 Å². The first kappa shape index (κ1) is 14.4. The van der Waals surface area contributed by atoms with E-state index in [1.807, 2.05) is 0 Å². The molecule has 2 rings (SSSR count). The van der Waals surface area contributed by atoms with Gasteiger partial charge in [-0.15, -0.1) is 0 Å². The molecule has 0 aromatic carbocycles. The van der Waals surface area contributed by atoms with E-state index in [0.29, 0.717) is 5.76 Å². The van der Waals surface area contributed by atoms with Gasteiger partial charge in [-0.1, -0.05) is 5.16 Å². The molecule has 0 bridgehead atoms. The van der Waals surface area contributed by atoms with Crippen LogP contribution >= 0.6 is 0 Å². The second-order valence-electron chi connectivity index (χ2n) is 4.34. The topological polar surface area (TPSA) is 121 Å². The van der Waals surface area contributed by atoms with Crippen molar-refractivity contribution in [3.8, 4) is 0 Å². The number of hydrogen-bond acceptors (Lipinski definition) is 6. The van der Waals surface area contributed by atoms with Crippen molar-refractivity contribution in [2.75, 3.05) is 18.9 Å². The maximum absolute atomic E-state index is 12.0. The van der Waals surface area contributed by atoms with E-state index in [9.17, 15) is 14.4 Å². The minimum absolute atomic E-state index is 0.0437. The normalized spacial score (nSPS) is 10.2. The Hall–Kier alpha value is -2.97. The molecule has 0 spiro atoms. The molecule has 0 saturated heterocycles. The number of H-pyrrole nitrogens is 1. The zero-order valence-electron chi connectivity index (χ0n) is 11.4. The number of anilines is 1. The third kappa shape index (κ3) is 3.75. The Labute approximate surface area is 118 Å². The highest BCUT2D eigenvalue weighted by Crippen LogP contribution is 2.07. The van der Waals surface area contributed by atoms with Gasteiger partial charge in [-0.05, 0) is 13.0 Å². The first-order chi connectivity index (χ1) is 9.95. The molecule has 0 aliphatic carbocycles. The van der Waals surface area contributed by atoms with Crippen molar-refractivity contribution in [1.82, 2.24) is 20.3 Å². The minimum Gasteiger partial charge on any atom is -0.360 e. The zero-order chi connectivity index (χ0) is 15.4. The van der Waals surface area contributed by atoms with Gasteiger partial charge >= 0.3 is 0 Å². The Kier molecular flexibility index (Phi) is 4.12. The highest BCUT2D eigenvalue weighted by molar-refractivity contribution is 5.97. The first-order valence-electron chi connectivity index (χ1n) is 6.00. The van der Waals surface area contributed by atoms with E-state index in [2.05, 4.69) is 20.7 Å². The summed E-state index contributed by atoms with van der Waals surface area (Å²) in [5, 5.41) is 11.9. The summed E-state index contributed by atoms with van der Waals surface area (Å²) in [4.78, 5) is 35.8. The Morgan fingerprint density at radius 3 is 2.76 bits per heavy atom. The number of likely N-dealkylation sites (N-methyl/N-ethyl adjacent to an activating group) is 1. The Morgan fingerprint density at radius 1 is 1.43 bits per heavy atom. The summed E-state index contributed by atoms with van der Waals surface area (Å²) in [5.41, 5.74) is -0.365. The van der Waals surface area contributed by atoms with Crippen molar-refractivity contribution in [3.63, 3.8) is 0 Å². The molecule has 9 heteroatoms. The number of aromatic nitrogens is 3. The molecule has 0 atom stereocenters. The quantitative estimate of drug-likeness (QED) is 0.803. The standard InChI is InChI=1S/C12H13N5O4/c1-7-5-9(16-21-7)13-11(19)6-17(2)12(20)8-3-4-10(18)15-14-8/h3-5H,6H2,1-2H3,(H,15,18)(H,13,16,19). The van der Waals surface area contributed by atoms with Gasteiger partial charge in [0.15, 0.2) is 5.82 Å². The van der Waals surface area contributed by atoms with Gasteiger partial charge in [0.1, 0.15) is 11.5 Å². The lowest BCUT2D eigenvalue weighted by atomic mass is 10.3. The second kappa shape index (κ2) is 5.99. The number of rotatable bonds is 4. The minimum atomic E-state index is -0.488. The molecule has 9 nitrogen and oxygen atoms in total. The zero-order valence-corrected chi connectivity index (χ0v) is 11.4. The molecule has 2 aromatic rings. The van der Waals surface area contributed by atoms with E-state index in [-0.39, 0.29) is 18.1 Å². The van der Waals surface area contributed by atoms with E-state index in [1.54, 1.807) is 13.0 Å². The number of aryl methyl sites for hydroxylation is 1. The maximum atomic E-state index is 12.0. The van der Waals surface area contributed by atoms with E-state index < -0.39 is 17.4 Å². The van der Waals surface area contributed by atoms with Gasteiger partial charge in [-0.3, -0.25) is 14.4 Å². The number of aromatic amines is 1. The van der Waals surface area contributed by atoms with E-state index in [1.165, 1.54) is 24.1 Å². The van der Waals surface area contributed by atoms with Gasteiger partial charge < -0.3 is 14.7 Å². The van der Waals surface area contributed by atoms with Crippen molar-refractivity contribution in [2.45, 2.75) is 6.92 Å². The fourth-order valence-electron chi connectivity index (χ4n) is 1.55. The van der Waals surface area contributed by atoms with Crippen LogP contribution in [0.2, 0.25) is 0 Å². The van der Waals surface area contributed by atoms with Gasteiger partial charge in [-0.2, -0.15) is 5.10 Å². The average Bonchev–Trinajstić information content (AvgIpc) is 2.83. The maximum Gasteiger partial charge on any atom is 0.274 e. The van der Waals surface area contributed by atoms with Crippen LogP contribution in [0.5, 0.6) is 0 Å². The average molecular weight is 291 g/mol. The Bertz CT molecular complexity index is 700. The predicted octanol–water partition coefficient (Wildman–Crippen LogP) is -0.223. The third-order valence-electron chi connectivity index (χ3n) is 2.52. The molecule has 2 amide bonds. The fourth-order valence-corrected chi connectivity index (χ4v) is 1.55. The van der Waals surface area contributed by atoms with Crippen LogP contribution in [0.3, 0.4) is 0 Å². The van der Waals surface area contributed by atoms with Gasteiger partial charge in [0.25, 0.3) is 11.5 Å². The molecule has 0 fully saturated rings. The summed E-state index contributed by atoms with van der Waals surface area (Å²) in [7, 11) is 1.45. The van der Waals surface area contributed by atoms with Gasteiger partial charge in [-0.25, -0.2) is 5.10 Å². The number of nitrogens with zero attached hydrogens (tertiary/aromatic N) is 3. The van der Waals surface area contributed by atoms with Crippen LogP contribution in [0, 0.1) is 6.92 Å². The molecular weight excluding hydrogens is 278 g/mol. The van der Waals surface area contributed by atoms with Crippen LogP contribution in [0.1, 0.15) is 16.2 Å². The molecule has 2 aromatic heterocycles. The Balaban J connectivity index is 1.95. The van der Waals surface area contributed by atoms with Crippen molar-refractivity contribution >= 4 is 17.6 Å². The lowest BCUT2D eigenvalue weighted by Crippen LogP contribution is -2.35. The number of carbonyl (C=O) groups is 2. The SMILES string of the molecule is Cc1cc(NC(=O)CN(C)C(=O)c2ccc(=O)[nH]n2)no1. The van der Waals surface area contributed by atoms with Gasteiger partial charge in [0.2, 0.25) is 5.91 Å². The molecule has 2 N–H and O–H groups in total. The smallest absolute Gasteiger partial charge is 0.274 e. The predicted molar refractivity (Wildman–Crippen MR) is 71.7 cm³/mol. The molecule has 0 aliphatic rings. The molecule has 0 unspecified atom stereocenters. The van der Waals surface area contributed by atoms with Crippen LogP contribution in [0.25, 0.3) is 0 Å². The lowest BCUT2D eigenvalue weighted by Gasteiger charge is -2.15. The monoisotopic (exact) mass is 291 g/mol. The molecule has 2 heterocycles. The van der Waals surface area contributed by atoms with E-state index in [0.717, 1.165) is 0 Å². The molecule has 21 heavy (non-hydrogen) atoms. The summed E-state index contributed by atoms with van der Waals surface area (Å²) in [6.07, 6.45) is 0. The number of amides is 2. The van der Waals surface area contributed by atoms with Crippen LogP contribution in [0.15, 0.2) is 27.5 Å². The number of hydrogen-bond donors (Lipinski definition) is 2. The van der Waals surface area contributed by atoms with Crippen molar-refractivity contribution in [3.05, 3.63) is 40.0 Å². The van der Waals surface area contributed by atoms with Crippen molar-refractivity contribution in [1.29, 1.82) is 0 Å². The number of nitrogens with one attached hydrogen (secondary N) is 2. The third-order valence-corrected chi connectivity index (χ3v) is 2.52. The van der Waals surface area contributed by atoms with Gasteiger partial charge in [0.05, 0.1) is 6.54 Å². The Morgan fingerprint density at radius 2 is 2.19 bits per heavy atom. The molecular formula is C12H13N5O4. The molecule has 0 radical (unpaired) electrons. The highest BCUT2D eigenvalue weighted by atomic mass is 16.5. The lowest BCUT2D eigenvalue weighted by molar-refractivity contribution is -0.116. The summed E-state index contributed by atoms with van der Waals surface area (Å²) in [6, 6.07) is 4.03. The number of carbonyl (C=O) groups excluding carboxylic acids is 2. The van der Waals surface area contributed by atoms with Crippen LogP contribution in [0.4, 0.5) is 5.82 Å². The summed E-state index contributed by atoms with van der Waals surface area (Å²) < 4.78 is 4.81. The molecule has 0 aliphatic heterocycles. The van der Waals surface area contributed by atoms with Gasteiger partial charge in [0, 0.05) is 19.2 Å². The van der Waals surface area contributed by atoms with E-state index >= 15 is 0 Å². The van der Waals surface area contributed by atoms with Crippen LogP contribution in [-0.4, -0.2) is 45.7 Å². The molecule has 0 saturated carbocycles. The summed E-state index contributed by atoms with van der Waals surface area (Å²) in [6.45, 7) is 1.51. The highest BCUT2D eigenvalue weighted by Gasteiger charge is 2.17. The fraction of sp³-hybridized carbons (Fsp3) is 0.250. The summed E-state index contributed by atoms with van der Waals surface area (Å²) >= 11 is 0. The van der Waals surface area contributed by atoms with Crippen molar-refractivity contribution in [2.24, 2.45) is 0 Å². The first-order valence-corrected chi connectivity index (χ1v) is 6.00. The summed E-state index contributed by atoms with van der Waals surface area (Å²) in [5.74, 6) is -0.0750. The largest absolute Gasteiger partial charge is 0.360 e. The molecule has 110 valence electrons. The van der Waals surface area contributed by atoms with E-state index in [4.69, 9.17) is 4.52 Å².